The van der Waals surface area contributed by atoms with E-state index in [1.807, 2.05) is 17.0 Å². The van der Waals surface area contributed by atoms with E-state index in [1.165, 1.54) is 5.56 Å². The molecule has 2 aromatic carbocycles. The van der Waals surface area contributed by atoms with Crippen LogP contribution in [0, 0.1) is 0 Å². The summed E-state index contributed by atoms with van der Waals surface area (Å²) >= 11 is 17.9. The van der Waals surface area contributed by atoms with Crippen LogP contribution >= 0.6 is 34.8 Å². The van der Waals surface area contributed by atoms with Crippen LogP contribution < -0.4 is 0 Å². The molecule has 0 N–H and O–H groups in total. The first-order valence-electron chi connectivity index (χ1n) is 8.23. The molecule has 6 heteroatoms. The molecular weight excluding hydrogens is 379 g/mol. The number of hydrogen-bond donors (Lipinski definition) is 0. The molecule has 1 aliphatic rings. The summed E-state index contributed by atoms with van der Waals surface area (Å²) in [6.07, 6.45) is 0.981. The zero-order chi connectivity index (χ0) is 17.8. The molecule has 1 fully saturated rings. The first-order chi connectivity index (χ1) is 12.0. The van der Waals surface area contributed by atoms with Crippen molar-refractivity contribution in [2.24, 2.45) is 0 Å². The maximum absolute atomic E-state index is 12.6. The Labute approximate surface area is 163 Å². The van der Waals surface area contributed by atoms with Gasteiger partial charge in [-0.3, -0.25) is 9.69 Å². The predicted molar refractivity (Wildman–Crippen MR) is 104 cm³/mol. The molecule has 0 spiro atoms. The van der Waals surface area contributed by atoms with Crippen LogP contribution in [0.5, 0.6) is 0 Å². The summed E-state index contributed by atoms with van der Waals surface area (Å²) in [5, 5.41) is 1.73. The van der Waals surface area contributed by atoms with Crippen LogP contribution in [0.25, 0.3) is 0 Å². The van der Waals surface area contributed by atoms with E-state index >= 15 is 0 Å². The molecule has 1 aliphatic heterocycles. The third-order valence-corrected chi connectivity index (χ3v) is 5.09. The van der Waals surface area contributed by atoms with Gasteiger partial charge in [0, 0.05) is 53.4 Å². The Morgan fingerprint density at radius 1 is 0.840 bits per heavy atom. The van der Waals surface area contributed by atoms with Gasteiger partial charge < -0.3 is 4.90 Å². The van der Waals surface area contributed by atoms with Crippen LogP contribution in [0.2, 0.25) is 15.1 Å². The van der Waals surface area contributed by atoms with Gasteiger partial charge in [-0.05, 0) is 42.3 Å². The number of piperazine rings is 1. The van der Waals surface area contributed by atoms with E-state index in [2.05, 4.69) is 17.0 Å². The topological polar surface area (TPSA) is 23.6 Å². The minimum Gasteiger partial charge on any atom is -0.336 e. The number of benzene rings is 2. The van der Waals surface area contributed by atoms with Crippen molar-refractivity contribution in [1.29, 1.82) is 0 Å². The van der Waals surface area contributed by atoms with Gasteiger partial charge in [0.05, 0.1) is 0 Å². The minimum absolute atomic E-state index is 0.0123. The Morgan fingerprint density at radius 3 is 2.04 bits per heavy atom. The molecule has 0 radical (unpaired) electrons. The fourth-order valence-electron chi connectivity index (χ4n) is 2.97. The van der Waals surface area contributed by atoms with E-state index in [9.17, 15) is 4.79 Å². The Morgan fingerprint density at radius 2 is 1.44 bits per heavy atom. The van der Waals surface area contributed by atoms with Gasteiger partial charge in [-0.2, -0.15) is 0 Å². The average molecular weight is 398 g/mol. The van der Waals surface area contributed by atoms with Crippen molar-refractivity contribution in [1.82, 2.24) is 9.80 Å². The lowest BCUT2D eigenvalue weighted by Gasteiger charge is -2.34. The summed E-state index contributed by atoms with van der Waals surface area (Å²) in [6, 6.07) is 12.9. The summed E-state index contributed by atoms with van der Waals surface area (Å²) in [7, 11) is 0. The molecule has 0 atom stereocenters. The molecule has 1 saturated heterocycles. The van der Waals surface area contributed by atoms with Crippen molar-refractivity contribution in [3.05, 3.63) is 68.7 Å². The van der Waals surface area contributed by atoms with Gasteiger partial charge in [0.2, 0.25) is 0 Å². The summed E-state index contributed by atoms with van der Waals surface area (Å²) in [5.74, 6) is -0.0123. The van der Waals surface area contributed by atoms with Crippen LogP contribution in [-0.4, -0.2) is 48.4 Å². The van der Waals surface area contributed by atoms with Gasteiger partial charge in [0.15, 0.2) is 0 Å². The molecule has 0 bridgehead atoms. The molecule has 3 nitrogen and oxygen atoms in total. The maximum atomic E-state index is 12.6. The standard InChI is InChI=1S/C19H19Cl3N2O/c20-16-3-1-14(2-4-16)5-6-23-7-9-24(10-8-23)19(25)15-11-17(21)13-18(22)12-15/h1-4,11-13H,5-10H2. The molecule has 1 heterocycles. The van der Waals surface area contributed by atoms with Crippen LogP contribution in [-0.2, 0) is 6.42 Å². The normalized spacial score (nSPS) is 15.4. The summed E-state index contributed by atoms with van der Waals surface area (Å²) < 4.78 is 0. The van der Waals surface area contributed by atoms with E-state index in [1.54, 1.807) is 18.2 Å². The van der Waals surface area contributed by atoms with Gasteiger partial charge in [0.1, 0.15) is 0 Å². The molecule has 0 aromatic heterocycles. The third kappa shape index (κ3) is 5.11. The molecule has 0 unspecified atom stereocenters. The minimum atomic E-state index is -0.0123. The lowest BCUT2D eigenvalue weighted by molar-refractivity contribution is 0.0638. The average Bonchev–Trinajstić information content (AvgIpc) is 2.60. The van der Waals surface area contributed by atoms with Gasteiger partial charge in [-0.25, -0.2) is 0 Å². The second-order valence-corrected chi connectivity index (χ2v) is 7.48. The van der Waals surface area contributed by atoms with Gasteiger partial charge >= 0.3 is 0 Å². The Kier molecular flexibility index (Phi) is 6.24. The molecule has 132 valence electrons. The highest BCUT2D eigenvalue weighted by molar-refractivity contribution is 6.35. The lowest BCUT2D eigenvalue weighted by atomic mass is 10.1. The van der Waals surface area contributed by atoms with Crippen molar-refractivity contribution in [2.75, 3.05) is 32.7 Å². The number of carbonyl (C=O) groups is 1. The Hall–Kier alpha value is -1.26. The maximum Gasteiger partial charge on any atom is 0.254 e. The van der Waals surface area contributed by atoms with Gasteiger partial charge in [-0.1, -0.05) is 46.9 Å². The Bertz CT molecular complexity index is 721. The van der Waals surface area contributed by atoms with Crippen molar-refractivity contribution in [3.63, 3.8) is 0 Å². The number of nitrogens with zero attached hydrogens (tertiary/aromatic N) is 2. The zero-order valence-corrected chi connectivity index (χ0v) is 16.0. The molecular formula is C19H19Cl3N2O. The van der Waals surface area contributed by atoms with E-state index < -0.39 is 0 Å². The van der Waals surface area contributed by atoms with Gasteiger partial charge in [-0.15, -0.1) is 0 Å². The summed E-state index contributed by atoms with van der Waals surface area (Å²) in [6.45, 7) is 4.14. The molecule has 0 aliphatic carbocycles. The fraction of sp³-hybridized carbons (Fsp3) is 0.316. The van der Waals surface area contributed by atoms with E-state index in [-0.39, 0.29) is 5.91 Å². The number of rotatable bonds is 4. The first kappa shape index (κ1) is 18.5. The smallest absolute Gasteiger partial charge is 0.254 e. The highest BCUT2D eigenvalue weighted by atomic mass is 35.5. The Balaban J connectivity index is 1.51. The third-order valence-electron chi connectivity index (χ3n) is 4.40. The number of carbonyl (C=O) groups excluding carboxylic acids is 1. The van der Waals surface area contributed by atoms with Gasteiger partial charge in [0.25, 0.3) is 5.91 Å². The molecule has 2 aromatic rings. The van der Waals surface area contributed by atoms with Crippen LogP contribution in [0.15, 0.2) is 42.5 Å². The van der Waals surface area contributed by atoms with Crippen LogP contribution in [0.4, 0.5) is 0 Å². The summed E-state index contributed by atoms with van der Waals surface area (Å²) in [4.78, 5) is 16.8. The zero-order valence-electron chi connectivity index (χ0n) is 13.7. The number of amides is 1. The molecule has 0 saturated carbocycles. The highest BCUT2D eigenvalue weighted by Gasteiger charge is 2.22. The van der Waals surface area contributed by atoms with Crippen molar-refractivity contribution in [2.45, 2.75) is 6.42 Å². The SMILES string of the molecule is O=C(c1cc(Cl)cc(Cl)c1)N1CCN(CCc2ccc(Cl)cc2)CC1. The predicted octanol–water partition coefficient (Wildman–Crippen LogP) is 4.65. The van der Waals surface area contributed by atoms with Crippen LogP contribution in [0.3, 0.4) is 0 Å². The molecule has 1 amide bonds. The van der Waals surface area contributed by atoms with E-state index in [4.69, 9.17) is 34.8 Å². The lowest BCUT2D eigenvalue weighted by Crippen LogP contribution is -2.49. The number of hydrogen-bond acceptors (Lipinski definition) is 2. The summed E-state index contributed by atoms with van der Waals surface area (Å²) in [5.41, 5.74) is 1.82. The van der Waals surface area contributed by atoms with Crippen molar-refractivity contribution < 1.29 is 4.79 Å². The quantitative estimate of drug-likeness (QED) is 0.750. The molecule has 25 heavy (non-hydrogen) atoms. The second-order valence-electron chi connectivity index (χ2n) is 6.17. The van der Waals surface area contributed by atoms with Crippen molar-refractivity contribution in [3.8, 4) is 0 Å². The largest absolute Gasteiger partial charge is 0.336 e. The number of halogens is 3. The monoisotopic (exact) mass is 396 g/mol. The second kappa shape index (κ2) is 8.41. The van der Waals surface area contributed by atoms with Crippen molar-refractivity contribution >= 4 is 40.7 Å². The van der Waals surface area contributed by atoms with Crippen LogP contribution in [0.1, 0.15) is 15.9 Å². The fourth-order valence-corrected chi connectivity index (χ4v) is 3.62. The van der Waals surface area contributed by atoms with E-state index in [0.29, 0.717) is 28.7 Å². The first-order valence-corrected chi connectivity index (χ1v) is 9.37. The van der Waals surface area contributed by atoms with E-state index in [0.717, 1.165) is 31.1 Å². The molecule has 3 rings (SSSR count). The highest BCUT2D eigenvalue weighted by Crippen LogP contribution is 2.21.